The molecule has 8 heteroatoms. The minimum atomic E-state index is -2.45. The van der Waals surface area contributed by atoms with E-state index in [2.05, 4.69) is 13.8 Å². The van der Waals surface area contributed by atoms with Gasteiger partial charge < -0.3 is 29.5 Å². The zero-order chi connectivity index (χ0) is 30.6. The van der Waals surface area contributed by atoms with E-state index in [0.29, 0.717) is 31.5 Å². The van der Waals surface area contributed by atoms with Gasteiger partial charge in [0.1, 0.15) is 0 Å². The summed E-state index contributed by atoms with van der Waals surface area (Å²) in [6, 6.07) is 0. The molecule has 2 rings (SSSR count). The fourth-order valence-electron chi connectivity index (χ4n) is 6.01. The van der Waals surface area contributed by atoms with Crippen molar-refractivity contribution in [2.45, 2.75) is 198 Å². The third kappa shape index (κ3) is 15.0. The number of aliphatic hydroxyl groups excluding tert-OH is 1. The lowest BCUT2D eigenvalue weighted by Gasteiger charge is -2.28. The van der Waals surface area contributed by atoms with Gasteiger partial charge in [-0.1, -0.05) is 110 Å². The molecule has 0 amide bonds. The summed E-state index contributed by atoms with van der Waals surface area (Å²) in [5.74, 6) is -2.69. The van der Waals surface area contributed by atoms with Crippen molar-refractivity contribution in [3.8, 4) is 0 Å². The minimum absolute atomic E-state index is 0.0822. The second kappa shape index (κ2) is 21.5. The number of unbranched alkanes of at least 4 members (excludes halogenated alkanes) is 14. The first-order valence-electron chi connectivity index (χ1n) is 17.4. The van der Waals surface area contributed by atoms with Crippen molar-refractivity contribution in [3.05, 3.63) is 0 Å². The smallest absolute Gasteiger partial charge is 0.341 e. The van der Waals surface area contributed by atoms with Crippen LogP contribution < -0.4 is 0 Å². The predicted molar refractivity (Wildman–Crippen MR) is 164 cm³/mol. The first-order chi connectivity index (χ1) is 20.3. The summed E-state index contributed by atoms with van der Waals surface area (Å²) in [4.78, 5) is 24.1. The summed E-state index contributed by atoms with van der Waals surface area (Å²) in [7, 11) is 0. The summed E-state index contributed by atoms with van der Waals surface area (Å²) in [6.45, 7) is 4.54. The molecule has 6 atom stereocenters. The number of ether oxygens (including phenoxy) is 3. The maximum atomic E-state index is 12.7. The highest BCUT2D eigenvalue weighted by atomic mass is 16.6. The summed E-state index contributed by atoms with van der Waals surface area (Å²) in [5.41, 5.74) is -2.45. The van der Waals surface area contributed by atoms with Crippen LogP contribution in [0.3, 0.4) is 0 Å². The highest BCUT2D eigenvalue weighted by molar-refractivity contribution is 5.88. The van der Waals surface area contributed by atoms with E-state index in [1.54, 1.807) is 0 Å². The largest absolute Gasteiger partial charge is 0.479 e. The number of epoxide rings is 2. The molecule has 8 nitrogen and oxygen atoms in total. The molecule has 0 aromatic heterocycles. The summed E-state index contributed by atoms with van der Waals surface area (Å²) >= 11 is 0. The molecule has 6 unspecified atom stereocenters. The first kappa shape index (κ1) is 37.0. The van der Waals surface area contributed by atoms with E-state index in [4.69, 9.17) is 14.2 Å². The van der Waals surface area contributed by atoms with E-state index in [1.807, 2.05) is 0 Å². The highest BCUT2D eigenvalue weighted by Gasteiger charge is 2.48. The van der Waals surface area contributed by atoms with Crippen LogP contribution in [0.25, 0.3) is 0 Å². The number of carboxylic acids is 1. The molecule has 0 saturated carbocycles. The van der Waals surface area contributed by atoms with E-state index in [9.17, 15) is 24.9 Å². The van der Waals surface area contributed by atoms with Crippen LogP contribution in [0.4, 0.5) is 0 Å². The third-order valence-electron chi connectivity index (χ3n) is 9.01. The van der Waals surface area contributed by atoms with Gasteiger partial charge in [-0.3, -0.25) is 0 Å². The van der Waals surface area contributed by atoms with Gasteiger partial charge in [0.15, 0.2) is 11.7 Å². The number of esters is 1. The van der Waals surface area contributed by atoms with Crippen molar-refractivity contribution < 1.29 is 39.1 Å². The molecular weight excluding hydrogens is 536 g/mol. The second-order valence-electron chi connectivity index (χ2n) is 12.8. The van der Waals surface area contributed by atoms with E-state index < -0.39 is 23.6 Å². The molecule has 2 aliphatic heterocycles. The number of carbonyl (C=O) groups is 2. The first-order valence-corrected chi connectivity index (χ1v) is 17.4. The van der Waals surface area contributed by atoms with Gasteiger partial charge in [0.05, 0.1) is 31.0 Å². The number of hydrogen-bond donors (Lipinski definition) is 3. The van der Waals surface area contributed by atoms with Crippen LogP contribution in [0.5, 0.6) is 0 Å². The summed E-state index contributed by atoms with van der Waals surface area (Å²) in [6.07, 6.45) is 23.2. The number of aliphatic carboxylic acids is 1. The highest BCUT2D eigenvalue weighted by Crippen LogP contribution is 2.33. The summed E-state index contributed by atoms with van der Waals surface area (Å²) in [5, 5.41) is 30.3. The van der Waals surface area contributed by atoms with E-state index in [0.717, 1.165) is 32.1 Å². The molecule has 0 aliphatic carbocycles. The molecule has 42 heavy (non-hydrogen) atoms. The van der Waals surface area contributed by atoms with Crippen molar-refractivity contribution in [1.82, 2.24) is 0 Å². The molecule has 0 aromatic carbocycles. The lowest BCUT2D eigenvalue weighted by atomic mass is 9.89. The van der Waals surface area contributed by atoms with E-state index in [-0.39, 0.29) is 25.2 Å². The molecule has 0 aromatic rings. The van der Waals surface area contributed by atoms with Crippen molar-refractivity contribution in [3.63, 3.8) is 0 Å². The van der Waals surface area contributed by atoms with Gasteiger partial charge in [-0.15, -0.1) is 0 Å². The molecule has 0 bridgehead atoms. The summed E-state index contributed by atoms with van der Waals surface area (Å²) < 4.78 is 16.8. The number of aliphatic hydroxyl groups is 2. The van der Waals surface area contributed by atoms with Crippen molar-refractivity contribution >= 4 is 11.9 Å². The topological polar surface area (TPSA) is 129 Å². The molecule has 2 fully saturated rings. The van der Waals surface area contributed by atoms with Crippen LogP contribution in [-0.4, -0.2) is 70.0 Å². The van der Waals surface area contributed by atoms with Gasteiger partial charge >= 0.3 is 11.9 Å². The Hall–Kier alpha value is -1.22. The Morgan fingerprint density at radius 3 is 1.45 bits per heavy atom. The fourth-order valence-corrected chi connectivity index (χ4v) is 6.01. The average molecular weight is 599 g/mol. The Kier molecular flexibility index (Phi) is 18.9. The lowest BCUT2D eigenvalue weighted by Crippen LogP contribution is -2.54. The van der Waals surface area contributed by atoms with Crippen molar-refractivity contribution in [1.29, 1.82) is 0 Å². The minimum Gasteiger partial charge on any atom is -0.479 e. The zero-order valence-corrected chi connectivity index (χ0v) is 26.7. The molecule has 0 radical (unpaired) electrons. The second-order valence-corrected chi connectivity index (χ2v) is 12.8. The van der Waals surface area contributed by atoms with Crippen LogP contribution in [-0.2, 0) is 23.8 Å². The zero-order valence-electron chi connectivity index (χ0n) is 26.7. The van der Waals surface area contributed by atoms with Gasteiger partial charge in [-0.2, -0.15) is 0 Å². The quantitative estimate of drug-likeness (QED) is 0.0466. The van der Waals surface area contributed by atoms with Crippen LogP contribution in [0, 0.1) is 0 Å². The van der Waals surface area contributed by atoms with Crippen molar-refractivity contribution in [2.24, 2.45) is 0 Å². The SMILES string of the molecule is CCCCCCCCCC1OC1CCCCOC(=O)C(O)(CCCCC1OC1CCCCCCCCC)C(O)C(=O)O. The normalized spacial score (nSPS) is 23.3. The van der Waals surface area contributed by atoms with E-state index >= 15 is 0 Å². The van der Waals surface area contributed by atoms with Crippen LogP contribution in [0.1, 0.15) is 162 Å². The van der Waals surface area contributed by atoms with Gasteiger partial charge in [-0.05, 0) is 51.4 Å². The standard InChI is InChI=1S/C34H62O8/c1-3-5-7-9-11-13-15-21-27-29(41-27)23-17-19-25-34(39,31(35)32(36)37)33(38)40-26-20-18-24-30-28(42-30)22-16-14-12-10-8-6-4-2/h27-31,35,39H,3-26H2,1-2H3,(H,36,37). The van der Waals surface area contributed by atoms with Crippen molar-refractivity contribution in [2.75, 3.05) is 6.61 Å². The Labute approximate surface area is 255 Å². The molecule has 2 heterocycles. The molecule has 0 spiro atoms. The van der Waals surface area contributed by atoms with Gasteiger partial charge in [0.25, 0.3) is 0 Å². The molecular formula is C34H62O8. The predicted octanol–water partition coefficient (Wildman–Crippen LogP) is 7.25. The Morgan fingerprint density at radius 2 is 1.02 bits per heavy atom. The van der Waals surface area contributed by atoms with Gasteiger partial charge in [-0.25, -0.2) is 9.59 Å². The average Bonchev–Trinajstić information content (AvgIpc) is 3.90. The number of rotatable bonds is 29. The number of carbonyl (C=O) groups excluding carboxylic acids is 1. The monoisotopic (exact) mass is 598 g/mol. The van der Waals surface area contributed by atoms with Gasteiger partial charge in [0, 0.05) is 0 Å². The van der Waals surface area contributed by atoms with Crippen LogP contribution >= 0.6 is 0 Å². The fraction of sp³-hybridized carbons (Fsp3) is 0.941. The maximum Gasteiger partial charge on any atom is 0.341 e. The third-order valence-corrected chi connectivity index (χ3v) is 9.01. The molecule has 2 aliphatic rings. The Morgan fingerprint density at radius 1 is 0.643 bits per heavy atom. The van der Waals surface area contributed by atoms with Crippen LogP contribution in [0.2, 0.25) is 0 Å². The Balaban J connectivity index is 1.53. The molecule has 246 valence electrons. The Bertz CT molecular complexity index is 730. The number of carboxylic acid groups (broad SMARTS) is 1. The molecule has 2 saturated heterocycles. The van der Waals surface area contributed by atoms with Crippen LogP contribution in [0.15, 0.2) is 0 Å². The molecule has 3 N–H and O–H groups in total. The van der Waals surface area contributed by atoms with E-state index in [1.165, 1.54) is 89.9 Å². The van der Waals surface area contributed by atoms with Gasteiger partial charge in [0.2, 0.25) is 0 Å². The number of hydrogen-bond acceptors (Lipinski definition) is 7. The lowest BCUT2D eigenvalue weighted by molar-refractivity contribution is -0.189. The maximum absolute atomic E-state index is 12.7.